The van der Waals surface area contributed by atoms with Crippen molar-refractivity contribution in [2.75, 3.05) is 29.9 Å². The number of carbonyl (C=O) groups is 1. The summed E-state index contributed by atoms with van der Waals surface area (Å²) in [6.45, 7) is 2.03. The second kappa shape index (κ2) is 8.70. The van der Waals surface area contributed by atoms with E-state index in [9.17, 15) is 4.79 Å². The first-order chi connectivity index (χ1) is 15.0. The van der Waals surface area contributed by atoms with Crippen LogP contribution in [0, 0.1) is 7.14 Å². The Bertz CT molecular complexity index is 1140. The number of nitrogens with zero attached hydrogens (tertiary/aromatic N) is 5. The molecule has 2 amide bonds. The van der Waals surface area contributed by atoms with E-state index >= 15 is 0 Å². The molecule has 0 radical (unpaired) electrons. The zero-order valence-electron chi connectivity index (χ0n) is 16.8. The lowest BCUT2D eigenvalue weighted by atomic mass is 10.0. The number of likely N-dealkylation sites (tertiary alicyclic amines) is 1. The van der Waals surface area contributed by atoms with Crippen molar-refractivity contribution in [1.29, 1.82) is 0 Å². The van der Waals surface area contributed by atoms with Gasteiger partial charge in [-0.1, -0.05) is 0 Å². The normalized spacial score (nSPS) is 21.3. The minimum Gasteiger partial charge on any atom is -0.442 e. The molecule has 1 unspecified atom stereocenters. The molecular formula is C21H23I2N6O2+. The summed E-state index contributed by atoms with van der Waals surface area (Å²) in [6, 6.07) is 8.68. The fourth-order valence-electron chi connectivity index (χ4n) is 4.38. The average molecular weight is 645 g/mol. The Morgan fingerprint density at radius 2 is 2.06 bits per heavy atom. The van der Waals surface area contributed by atoms with Crippen LogP contribution in [0.5, 0.6) is 0 Å². The van der Waals surface area contributed by atoms with E-state index in [0.29, 0.717) is 24.4 Å². The summed E-state index contributed by atoms with van der Waals surface area (Å²) in [5, 5.41) is 15.1. The number of carbonyl (C=O) groups excluding carboxylic acids is 1. The highest BCUT2D eigenvalue weighted by Gasteiger charge is 2.30. The number of rotatable bonds is 3. The lowest BCUT2D eigenvalue weighted by Crippen LogP contribution is -2.33. The predicted molar refractivity (Wildman–Crippen MR) is 137 cm³/mol. The van der Waals surface area contributed by atoms with Crippen LogP contribution in [0.15, 0.2) is 36.7 Å². The molecule has 2 atom stereocenters. The summed E-state index contributed by atoms with van der Waals surface area (Å²) >= 11 is 4.79. The van der Waals surface area contributed by atoms with Crippen LogP contribution in [-0.4, -0.2) is 56.4 Å². The van der Waals surface area contributed by atoms with Crippen LogP contribution in [-0.2, 0) is 0 Å². The molecule has 3 aromatic rings. The molecule has 0 spiro atoms. The molecule has 2 aliphatic rings. The molecule has 162 valence electrons. The van der Waals surface area contributed by atoms with E-state index in [2.05, 4.69) is 78.7 Å². The minimum absolute atomic E-state index is 0.190. The van der Waals surface area contributed by atoms with Crippen molar-refractivity contribution in [3.8, 4) is 0 Å². The van der Waals surface area contributed by atoms with Crippen LogP contribution in [0.4, 0.5) is 16.3 Å². The Labute approximate surface area is 207 Å². The van der Waals surface area contributed by atoms with Gasteiger partial charge in [0, 0.05) is 32.8 Å². The molecule has 0 bridgehead atoms. The van der Waals surface area contributed by atoms with Gasteiger partial charge in [0.15, 0.2) is 11.8 Å². The highest BCUT2D eigenvalue weighted by Crippen LogP contribution is 2.38. The predicted octanol–water partition coefficient (Wildman–Crippen LogP) is 3.61. The molecule has 31 heavy (non-hydrogen) atoms. The van der Waals surface area contributed by atoms with E-state index in [1.54, 1.807) is 15.6 Å². The molecule has 5 rings (SSSR count). The van der Waals surface area contributed by atoms with Crippen molar-refractivity contribution in [2.24, 2.45) is 0 Å². The summed E-state index contributed by atoms with van der Waals surface area (Å²) < 4.78 is 4.20. The number of fused-ring (bicyclic) bond motifs is 1. The summed E-state index contributed by atoms with van der Waals surface area (Å²) in [4.78, 5) is 21.5. The topological polar surface area (TPSA) is 88.7 Å². The zero-order chi connectivity index (χ0) is 21.5. The van der Waals surface area contributed by atoms with Crippen LogP contribution in [0.2, 0.25) is 0 Å². The fourth-order valence-corrected chi connectivity index (χ4v) is 5.59. The van der Waals surface area contributed by atoms with Gasteiger partial charge in [-0.25, -0.2) is 14.3 Å². The summed E-state index contributed by atoms with van der Waals surface area (Å²) in [7, 11) is 0. The molecule has 0 saturated carbocycles. The molecule has 3 N–H and O–H groups in total. The average Bonchev–Trinajstić information content (AvgIpc) is 3.49. The quantitative estimate of drug-likeness (QED) is 0.349. The number of anilines is 2. The first-order valence-corrected chi connectivity index (χ1v) is 12.5. The minimum atomic E-state index is -0.199. The van der Waals surface area contributed by atoms with E-state index < -0.39 is 0 Å². The summed E-state index contributed by atoms with van der Waals surface area (Å²) in [6.07, 6.45) is 6.27. The zero-order valence-corrected chi connectivity index (χ0v) is 21.1. The van der Waals surface area contributed by atoms with Gasteiger partial charge in [0.2, 0.25) is 0 Å². The first kappa shape index (κ1) is 21.2. The van der Waals surface area contributed by atoms with E-state index in [0.717, 1.165) is 31.6 Å². The third-order valence-electron chi connectivity index (χ3n) is 5.94. The second-order valence-corrected chi connectivity index (χ2v) is 10.4. The SMILES string of the molecule is O=C(Nc1cnn2ccc(N3CCCC3c3cc(I)ccc3I)nc12)N1CC[C@H]([OH2+])C1. The number of hydrogen-bond donors (Lipinski definition) is 1. The van der Waals surface area contributed by atoms with Crippen LogP contribution >= 0.6 is 45.2 Å². The number of benzene rings is 1. The van der Waals surface area contributed by atoms with Crippen LogP contribution in [0.25, 0.3) is 5.65 Å². The monoisotopic (exact) mass is 645 g/mol. The fraction of sp³-hybridized carbons (Fsp3) is 0.381. The Morgan fingerprint density at radius 3 is 2.87 bits per heavy atom. The Kier molecular flexibility index (Phi) is 5.94. The van der Waals surface area contributed by atoms with E-state index in [1.165, 1.54) is 12.7 Å². The van der Waals surface area contributed by atoms with Gasteiger partial charge >= 0.3 is 6.03 Å². The number of urea groups is 1. The maximum absolute atomic E-state index is 12.6. The summed E-state index contributed by atoms with van der Waals surface area (Å²) in [5.74, 6) is 0.896. The lowest BCUT2D eigenvalue weighted by molar-refractivity contribution is 0.176. The van der Waals surface area contributed by atoms with Crippen molar-refractivity contribution >= 4 is 68.4 Å². The summed E-state index contributed by atoms with van der Waals surface area (Å²) in [5.41, 5.74) is 2.57. The third kappa shape index (κ3) is 4.21. The van der Waals surface area contributed by atoms with Crippen molar-refractivity contribution in [3.63, 3.8) is 0 Å². The third-order valence-corrected chi connectivity index (χ3v) is 7.59. The van der Waals surface area contributed by atoms with Gasteiger partial charge < -0.3 is 20.2 Å². The van der Waals surface area contributed by atoms with Crippen LogP contribution < -0.4 is 10.2 Å². The molecule has 2 aliphatic heterocycles. The Balaban J connectivity index is 1.43. The highest BCUT2D eigenvalue weighted by molar-refractivity contribution is 14.1. The van der Waals surface area contributed by atoms with Crippen molar-refractivity contribution in [3.05, 3.63) is 49.4 Å². The number of hydrogen-bond acceptors (Lipinski definition) is 4. The molecule has 2 fully saturated rings. The van der Waals surface area contributed by atoms with Crippen LogP contribution in [0.1, 0.15) is 30.9 Å². The number of nitrogens with one attached hydrogen (secondary N) is 1. The molecule has 4 heterocycles. The lowest BCUT2D eigenvalue weighted by Gasteiger charge is -2.27. The highest BCUT2D eigenvalue weighted by atomic mass is 127. The molecule has 0 aliphatic carbocycles. The van der Waals surface area contributed by atoms with Gasteiger partial charge in [-0.05, 0) is 87.9 Å². The number of aromatic nitrogens is 3. The molecule has 8 nitrogen and oxygen atoms in total. The number of halogens is 2. The van der Waals surface area contributed by atoms with Gasteiger partial charge in [-0.2, -0.15) is 5.10 Å². The van der Waals surface area contributed by atoms with Crippen molar-refractivity contribution in [1.82, 2.24) is 19.5 Å². The molecule has 2 aromatic heterocycles. The van der Waals surface area contributed by atoms with Gasteiger partial charge in [-0.3, -0.25) is 0 Å². The first-order valence-electron chi connectivity index (χ1n) is 10.3. The number of amides is 2. The van der Waals surface area contributed by atoms with E-state index in [1.807, 2.05) is 12.3 Å². The van der Waals surface area contributed by atoms with E-state index in [-0.39, 0.29) is 18.2 Å². The van der Waals surface area contributed by atoms with Gasteiger partial charge in [0.1, 0.15) is 11.5 Å². The van der Waals surface area contributed by atoms with Gasteiger partial charge in [0.05, 0.1) is 18.8 Å². The molecular weight excluding hydrogens is 622 g/mol. The maximum Gasteiger partial charge on any atom is 0.322 e. The molecule has 1 aromatic carbocycles. The Hall–Kier alpha value is -1.67. The standard InChI is InChI=1S/C21H22I2N6O2/c22-13-3-4-16(23)15(10-13)18-2-1-7-28(18)19-6-9-29-20(26-19)17(11-24-29)25-21(31)27-8-5-14(30)12-27/h3-4,6,9-11,14,18,30H,1-2,5,7-8,12H2,(H,25,31)/p+1/t14-,18?/m0/s1. The maximum atomic E-state index is 12.6. The van der Waals surface area contributed by atoms with Crippen LogP contribution in [0.3, 0.4) is 0 Å². The molecule has 2 saturated heterocycles. The smallest absolute Gasteiger partial charge is 0.322 e. The second-order valence-electron chi connectivity index (χ2n) is 7.99. The largest absolute Gasteiger partial charge is 0.442 e. The van der Waals surface area contributed by atoms with Gasteiger partial charge in [0.25, 0.3) is 0 Å². The van der Waals surface area contributed by atoms with Crippen molar-refractivity contribution < 1.29 is 9.90 Å². The van der Waals surface area contributed by atoms with Gasteiger partial charge in [-0.15, -0.1) is 0 Å². The van der Waals surface area contributed by atoms with E-state index in [4.69, 9.17) is 10.1 Å². The molecule has 10 heteroatoms. The van der Waals surface area contributed by atoms with Crippen molar-refractivity contribution in [2.45, 2.75) is 31.4 Å². The Morgan fingerprint density at radius 1 is 1.19 bits per heavy atom.